The minimum absolute atomic E-state index is 0.730. The first kappa shape index (κ1) is 15.2. The number of fused-ring (bicyclic) bond motifs is 1. The molecule has 4 heteroatoms. The third kappa shape index (κ3) is 3.28. The van der Waals surface area contributed by atoms with E-state index in [0.717, 1.165) is 37.7 Å². The van der Waals surface area contributed by atoms with Crippen molar-refractivity contribution in [1.82, 2.24) is 9.97 Å². The van der Waals surface area contributed by atoms with E-state index in [1.165, 1.54) is 36.9 Å². The van der Waals surface area contributed by atoms with Crippen LogP contribution in [0.25, 0.3) is 0 Å². The molecule has 4 rings (SSSR count). The number of nitrogens with one attached hydrogen (secondary N) is 1. The van der Waals surface area contributed by atoms with Gasteiger partial charge in [0.2, 0.25) is 5.95 Å². The van der Waals surface area contributed by atoms with Crippen LogP contribution in [0.2, 0.25) is 0 Å². The van der Waals surface area contributed by atoms with Gasteiger partial charge in [-0.2, -0.15) is 4.98 Å². The molecule has 1 aromatic heterocycles. The summed E-state index contributed by atoms with van der Waals surface area (Å²) < 4.78 is 0. The molecule has 0 saturated heterocycles. The maximum absolute atomic E-state index is 4.72. The van der Waals surface area contributed by atoms with Gasteiger partial charge in [0.25, 0.3) is 0 Å². The van der Waals surface area contributed by atoms with E-state index in [4.69, 9.17) is 4.98 Å². The summed E-state index contributed by atoms with van der Waals surface area (Å²) >= 11 is 0. The minimum Gasteiger partial charge on any atom is -0.354 e. The van der Waals surface area contributed by atoms with Gasteiger partial charge in [0.15, 0.2) is 0 Å². The molecule has 2 aliphatic rings. The van der Waals surface area contributed by atoms with Crippen LogP contribution in [0, 0.1) is 0 Å². The number of rotatable bonds is 5. The van der Waals surface area contributed by atoms with Gasteiger partial charge in [-0.05, 0) is 56.2 Å². The van der Waals surface area contributed by atoms with Crippen molar-refractivity contribution in [3.8, 4) is 0 Å². The normalized spacial score (nSPS) is 16.7. The largest absolute Gasteiger partial charge is 0.354 e. The van der Waals surface area contributed by atoms with Gasteiger partial charge < -0.3 is 10.2 Å². The second-order valence-corrected chi connectivity index (χ2v) is 6.55. The monoisotopic (exact) mass is 320 g/mol. The first-order valence-electron chi connectivity index (χ1n) is 9.00. The van der Waals surface area contributed by atoms with E-state index in [1.807, 2.05) is 12.3 Å². The lowest BCUT2D eigenvalue weighted by Crippen LogP contribution is -2.16. The van der Waals surface area contributed by atoms with E-state index in [1.54, 1.807) is 5.57 Å². The van der Waals surface area contributed by atoms with Crippen LogP contribution >= 0.6 is 0 Å². The average Bonchev–Trinajstić information content (AvgIpc) is 3.07. The minimum atomic E-state index is 0.730. The summed E-state index contributed by atoms with van der Waals surface area (Å²) in [5.41, 5.74) is 4.25. The van der Waals surface area contributed by atoms with Crippen LogP contribution < -0.4 is 10.2 Å². The molecule has 0 bridgehead atoms. The van der Waals surface area contributed by atoms with Gasteiger partial charge in [-0.15, -0.1) is 0 Å². The molecule has 2 heterocycles. The lowest BCUT2D eigenvalue weighted by Gasteiger charge is -2.19. The number of para-hydroxylation sites is 1. The fourth-order valence-electron chi connectivity index (χ4n) is 3.63. The van der Waals surface area contributed by atoms with E-state index in [0.29, 0.717) is 0 Å². The number of nitrogens with zero attached hydrogens (tertiary/aromatic N) is 3. The average molecular weight is 320 g/mol. The van der Waals surface area contributed by atoms with Crippen LogP contribution in [0.4, 0.5) is 17.5 Å². The summed E-state index contributed by atoms with van der Waals surface area (Å²) in [4.78, 5) is 11.4. The van der Waals surface area contributed by atoms with Gasteiger partial charge in [0.05, 0.1) is 0 Å². The van der Waals surface area contributed by atoms with Crippen LogP contribution in [0.5, 0.6) is 0 Å². The molecule has 1 aliphatic carbocycles. The van der Waals surface area contributed by atoms with Crippen molar-refractivity contribution in [1.29, 1.82) is 0 Å². The van der Waals surface area contributed by atoms with Crippen LogP contribution in [0.3, 0.4) is 0 Å². The molecule has 0 spiro atoms. The molecule has 0 saturated carbocycles. The maximum Gasteiger partial charge on any atom is 0.224 e. The molecule has 0 atom stereocenters. The fraction of sp³-hybridized carbons (Fsp3) is 0.400. The highest BCUT2D eigenvalue weighted by atomic mass is 15.2. The van der Waals surface area contributed by atoms with Crippen molar-refractivity contribution in [2.24, 2.45) is 0 Å². The van der Waals surface area contributed by atoms with Crippen molar-refractivity contribution in [3.63, 3.8) is 0 Å². The highest BCUT2D eigenvalue weighted by Crippen LogP contribution is 2.33. The summed E-state index contributed by atoms with van der Waals surface area (Å²) in [7, 11) is 0. The SMILES string of the molecule is C1=C(CCNc2nccc(N3CCc4ccccc43)n2)CCCC1. The number of benzene rings is 1. The molecule has 1 N–H and O–H groups in total. The zero-order chi connectivity index (χ0) is 16.2. The molecule has 124 valence electrons. The van der Waals surface area contributed by atoms with E-state index in [9.17, 15) is 0 Å². The highest BCUT2D eigenvalue weighted by molar-refractivity contribution is 5.67. The first-order chi connectivity index (χ1) is 11.9. The molecule has 0 amide bonds. The molecule has 0 fully saturated rings. The fourth-order valence-corrected chi connectivity index (χ4v) is 3.63. The summed E-state index contributed by atoms with van der Waals surface area (Å²) in [6.45, 7) is 1.90. The summed E-state index contributed by atoms with van der Waals surface area (Å²) in [6.07, 6.45) is 11.6. The third-order valence-corrected chi connectivity index (χ3v) is 4.92. The van der Waals surface area contributed by atoms with Crippen LogP contribution in [-0.2, 0) is 6.42 Å². The summed E-state index contributed by atoms with van der Waals surface area (Å²) in [5.74, 6) is 1.71. The van der Waals surface area contributed by atoms with Gasteiger partial charge in [0, 0.05) is 25.0 Å². The Morgan fingerprint density at radius 1 is 1.08 bits per heavy atom. The second kappa shape index (κ2) is 7.04. The quantitative estimate of drug-likeness (QED) is 0.825. The topological polar surface area (TPSA) is 41.1 Å². The molecular formula is C20H24N4. The predicted octanol–water partition coefficient (Wildman–Crippen LogP) is 4.47. The van der Waals surface area contributed by atoms with Crippen molar-refractivity contribution in [2.45, 2.75) is 38.5 Å². The summed E-state index contributed by atoms with van der Waals surface area (Å²) in [5, 5.41) is 3.39. The lowest BCUT2D eigenvalue weighted by molar-refractivity contribution is 0.679. The number of hydrogen-bond donors (Lipinski definition) is 1. The number of allylic oxidation sites excluding steroid dienone is 1. The number of anilines is 3. The lowest BCUT2D eigenvalue weighted by atomic mass is 9.97. The number of hydrogen-bond acceptors (Lipinski definition) is 4. The molecular weight excluding hydrogens is 296 g/mol. The Labute approximate surface area is 143 Å². The van der Waals surface area contributed by atoms with E-state index < -0.39 is 0 Å². The first-order valence-corrected chi connectivity index (χ1v) is 9.00. The van der Waals surface area contributed by atoms with E-state index in [2.05, 4.69) is 45.5 Å². The Morgan fingerprint density at radius 3 is 2.96 bits per heavy atom. The highest BCUT2D eigenvalue weighted by Gasteiger charge is 2.20. The van der Waals surface area contributed by atoms with Crippen molar-refractivity contribution >= 4 is 17.5 Å². The Morgan fingerprint density at radius 2 is 2.04 bits per heavy atom. The molecule has 1 aromatic carbocycles. The van der Waals surface area contributed by atoms with Crippen molar-refractivity contribution in [2.75, 3.05) is 23.3 Å². The van der Waals surface area contributed by atoms with Crippen LogP contribution in [0.1, 0.15) is 37.7 Å². The van der Waals surface area contributed by atoms with Gasteiger partial charge in [-0.25, -0.2) is 4.98 Å². The van der Waals surface area contributed by atoms with E-state index >= 15 is 0 Å². The zero-order valence-corrected chi connectivity index (χ0v) is 14.0. The smallest absolute Gasteiger partial charge is 0.224 e. The number of aromatic nitrogens is 2. The third-order valence-electron chi connectivity index (χ3n) is 4.92. The molecule has 1 aliphatic heterocycles. The molecule has 2 aromatic rings. The molecule has 24 heavy (non-hydrogen) atoms. The van der Waals surface area contributed by atoms with E-state index in [-0.39, 0.29) is 0 Å². The Balaban J connectivity index is 1.42. The van der Waals surface area contributed by atoms with Gasteiger partial charge in [0.1, 0.15) is 5.82 Å². The van der Waals surface area contributed by atoms with Gasteiger partial charge in [-0.3, -0.25) is 0 Å². The maximum atomic E-state index is 4.72. The summed E-state index contributed by atoms with van der Waals surface area (Å²) in [6, 6.07) is 10.6. The second-order valence-electron chi connectivity index (χ2n) is 6.55. The van der Waals surface area contributed by atoms with Crippen molar-refractivity contribution < 1.29 is 0 Å². The standard InChI is InChI=1S/C20H24N4/c1-2-6-16(7-3-1)10-13-21-20-22-14-11-19(23-20)24-15-12-17-8-4-5-9-18(17)24/h4-6,8-9,11,14H,1-3,7,10,12-13,15H2,(H,21,22,23). The Bertz CT molecular complexity index is 738. The predicted molar refractivity (Wildman–Crippen MR) is 98.8 cm³/mol. The van der Waals surface area contributed by atoms with Gasteiger partial charge >= 0.3 is 0 Å². The Kier molecular flexibility index (Phi) is 4.45. The van der Waals surface area contributed by atoms with Crippen LogP contribution in [0.15, 0.2) is 48.2 Å². The molecule has 0 unspecified atom stereocenters. The van der Waals surface area contributed by atoms with Crippen LogP contribution in [-0.4, -0.2) is 23.1 Å². The zero-order valence-electron chi connectivity index (χ0n) is 14.0. The molecule has 0 radical (unpaired) electrons. The van der Waals surface area contributed by atoms with Crippen molar-refractivity contribution in [3.05, 3.63) is 53.7 Å². The molecule has 4 nitrogen and oxygen atoms in total. The Hall–Kier alpha value is -2.36. The van der Waals surface area contributed by atoms with Gasteiger partial charge in [-0.1, -0.05) is 29.8 Å².